The third-order valence-corrected chi connectivity index (χ3v) is 4.22. The standard InChI is InChI=1S/C18H28Cl2N2O2/c1-2-12-22(15-23)18(24)5-3-4-16-6-8-17(9-7-16)21(13-10-19)14-11-20/h6-9,23H,2-5,10-15H2,1H3. The molecule has 1 amide bonds. The van der Waals surface area contributed by atoms with Crippen molar-refractivity contribution in [3.8, 4) is 0 Å². The highest BCUT2D eigenvalue weighted by Gasteiger charge is 2.11. The molecule has 0 aliphatic carbocycles. The lowest BCUT2D eigenvalue weighted by atomic mass is 10.1. The van der Waals surface area contributed by atoms with Gasteiger partial charge in [-0.2, -0.15) is 0 Å². The number of carbonyl (C=O) groups is 1. The summed E-state index contributed by atoms with van der Waals surface area (Å²) in [5.74, 6) is 1.16. The Morgan fingerprint density at radius 3 is 2.21 bits per heavy atom. The van der Waals surface area contributed by atoms with Gasteiger partial charge in [-0.15, -0.1) is 23.2 Å². The molecule has 0 saturated carbocycles. The number of halogens is 2. The number of nitrogens with zero attached hydrogens (tertiary/aromatic N) is 2. The van der Waals surface area contributed by atoms with Gasteiger partial charge in [0.05, 0.1) is 0 Å². The molecule has 0 unspecified atom stereocenters. The molecule has 0 bridgehead atoms. The van der Waals surface area contributed by atoms with Gasteiger partial charge < -0.3 is 14.9 Å². The van der Waals surface area contributed by atoms with Crippen LogP contribution in [0.2, 0.25) is 0 Å². The van der Waals surface area contributed by atoms with Gasteiger partial charge in [0.1, 0.15) is 6.73 Å². The topological polar surface area (TPSA) is 43.8 Å². The minimum atomic E-state index is -0.196. The zero-order valence-corrected chi connectivity index (χ0v) is 15.9. The van der Waals surface area contributed by atoms with Gasteiger partial charge in [-0.3, -0.25) is 4.79 Å². The predicted molar refractivity (Wildman–Crippen MR) is 102 cm³/mol. The van der Waals surface area contributed by atoms with Crippen molar-refractivity contribution >= 4 is 34.8 Å². The van der Waals surface area contributed by atoms with Crippen LogP contribution in [0.15, 0.2) is 24.3 Å². The number of rotatable bonds is 12. The van der Waals surface area contributed by atoms with Crippen LogP contribution in [0.1, 0.15) is 31.7 Å². The second-order valence-corrected chi connectivity index (χ2v) is 6.44. The van der Waals surface area contributed by atoms with Gasteiger partial charge in [0.2, 0.25) is 5.91 Å². The molecular weight excluding hydrogens is 347 g/mol. The lowest BCUT2D eigenvalue weighted by Crippen LogP contribution is -2.32. The van der Waals surface area contributed by atoms with Gasteiger partial charge in [0, 0.05) is 43.5 Å². The van der Waals surface area contributed by atoms with Crippen LogP contribution < -0.4 is 4.90 Å². The van der Waals surface area contributed by atoms with E-state index >= 15 is 0 Å². The maximum Gasteiger partial charge on any atom is 0.224 e. The van der Waals surface area contributed by atoms with Crippen molar-refractivity contribution in [3.05, 3.63) is 29.8 Å². The molecule has 1 N–H and O–H groups in total. The van der Waals surface area contributed by atoms with E-state index < -0.39 is 0 Å². The first-order valence-electron chi connectivity index (χ1n) is 8.50. The number of amides is 1. The molecule has 0 spiro atoms. The highest BCUT2D eigenvalue weighted by Crippen LogP contribution is 2.17. The molecule has 0 heterocycles. The second-order valence-electron chi connectivity index (χ2n) is 5.68. The summed E-state index contributed by atoms with van der Waals surface area (Å²) in [7, 11) is 0. The number of hydrogen-bond acceptors (Lipinski definition) is 3. The lowest BCUT2D eigenvalue weighted by Gasteiger charge is -2.23. The molecule has 0 aliphatic rings. The summed E-state index contributed by atoms with van der Waals surface area (Å²) in [6.07, 6.45) is 2.95. The van der Waals surface area contributed by atoms with Gasteiger partial charge in [-0.05, 0) is 37.0 Å². The Hall–Kier alpha value is -0.970. The summed E-state index contributed by atoms with van der Waals surface area (Å²) in [6.45, 7) is 3.96. The molecule has 6 heteroatoms. The molecule has 0 saturated heterocycles. The first-order chi connectivity index (χ1) is 11.7. The molecule has 0 fully saturated rings. The Labute approximate surface area is 155 Å². The quantitative estimate of drug-likeness (QED) is 0.449. The zero-order chi connectivity index (χ0) is 17.8. The molecule has 1 aromatic rings. The molecule has 1 rings (SSSR count). The Bertz CT molecular complexity index is 463. The summed E-state index contributed by atoms with van der Waals surface area (Å²) in [6, 6.07) is 8.33. The summed E-state index contributed by atoms with van der Waals surface area (Å²) < 4.78 is 0. The number of aryl methyl sites for hydroxylation is 1. The van der Waals surface area contributed by atoms with Crippen LogP contribution in [0.5, 0.6) is 0 Å². The first kappa shape index (κ1) is 21.1. The van der Waals surface area contributed by atoms with Gasteiger partial charge in [-0.25, -0.2) is 0 Å². The minimum Gasteiger partial charge on any atom is -0.376 e. The zero-order valence-electron chi connectivity index (χ0n) is 14.4. The SMILES string of the molecule is CCCN(CO)C(=O)CCCc1ccc(N(CCCl)CCCl)cc1. The molecule has 0 radical (unpaired) electrons. The van der Waals surface area contributed by atoms with Crippen molar-refractivity contribution in [2.75, 3.05) is 43.0 Å². The van der Waals surface area contributed by atoms with Crippen LogP contribution in [-0.2, 0) is 11.2 Å². The summed E-state index contributed by atoms with van der Waals surface area (Å²) in [4.78, 5) is 15.6. The summed E-state index contributed by atoms with van der Waals surface area (Å²) in [5.41, 5.74) is 2.32. The van der Waals surface area contributed by atoms with E-state index in [0.29, 0.717) is 24.7 Å². The third kappa shape index (κ3) is 7.29. The van der Waals surface area contributed by atoms with Crippen molar-refractivity contribution in [1.82, 2.24) is 4.90 Å². The minimum absolute atomic E-state index is 0.0198. The highest BCUT2D eigenvalue weighted by atomic mass is 35.5. The highest BCUT2D eigenvalue weighted by molar-refractivity contribution is 6.18. The van der Waals surface area contributed by atoms with Crippen LogP contribution in [0.4, 0.5) is 5.69 Å². The Balaban J connectivity index is 2.48. The lowest BCUT2D eigenvalue weighted by molar-refractivity contribution is -0.134. The van der Waals surface area contributed by atoms with Gasteiger partial charge in [0.15, 0.2) is 0 Å². The van der Waals surface area contributed by atoms with Crippen LogP contribution in [0, 0.1) is 0 Å². The van der Waals surface area contributed by atoms with Gasteiger partial charge in [0.25, 0.3) is 0 Å². The van der Waals surface area contributed by atoms with E-state index in [1.54, 1.807) is 0 Å². The Morgan fingerprint density at radius 2 is 1.71 bits per heavy atom. The monoisotopic (exact) mass is 374 g/mol. The van der Waals surface area contributed by atoms with E-state index in [2.05, 4.69) is 29.2 Å². The predicted octanol–water partition coefficient (Wildman–Crippen LogP) is 3.48. The van der Waals surface area contributed by atoms with Crippen LogP contribution in [-0.4, -0.2) is 54.0 Å². The molecule has 0 aromatic heterocycles. The fourth-order valence-electron chi connectivity index (χ4n) is 2.59. The van der Waals surface area contributed by atoms with Crippen LogP contribution >= 0.6 is 23.2 Å². The number of alkyl halides is 2. The average molecular weight is 375 g/mol. The fraction of sp³-hybridized carbons (Fsp3) is 0.611. The largest absolute Gasteiger partial charge is 0.376 e. The Kier molecular flexibility index (Phi) is 10.9. The van der Waals surface area contributed by atoms with E-state index in [-0.39, 0.29) is 12.6 Å². The van der Waals surface area contributed by atoms with E-state index in [9.17, 15) is 9.90 Å². The number of anilines is 1. The maximum atomic E-state index is 12.0. The van der Waals surface area contributed by atoms with Crippen molar-refractivity contribution in [1.29, 1.82) is 0 Å². The van der Waals surface area contributed by atoms with Crippen molar-refractivity contribution in [3.63, 3.8) is 0 Å². The van der Waals surface area contributed by atoms with Gasteiger partial charge in [-0.1, -0.05) is 19.1 Å². The van der Waals surface area contributed by atoms with E-state index in [0.717, 1.165) is 38.0 Å². The third-order valence-electron chi connectivity index (χ3n) is 3.88. The summed E-state index contributed by atoms with van der Waals surface area (Å²) in [5, 5.41) is 9.20. The maximum absolute atomic E-state index is 12.0. The fourth-order valence-corrected chi connectivity index (χ4v) is 3.00. The van der Waals surface area contributed by atoms with E-state index in [1.807, 2.05) is 6.92 Å². The van der Waals surface area contributed by atoms with Crippen LogP contribution in [0.3, 0.4) is 0 Å². The van der Waals surface area contributed by atoms with Crippen molar-refractivity contribution < 1.29 is 9.90 Å². The molecular formula is C18H28Cl2N2O2. The molecule has 1 aromatic carbocycles. The second kappa shape index (κ2) is 12.4. The first-order valence-corrected chi connectivity index (χ1v) is 9.57. The Morgan fingerprint density at radius 1 is 1.08 bits per heavy atom. The van der Waals surface area contributed by atoms with E-state index in [1.165, 1.54) is 10.5 Å². The molecule has 4 nitrogen and oxygen atoms in total. The average Bonchev–Trinajstić information content (AvgIpc) is 2.60. The summed E-state index contributed by atoms with van der Waals surface area (Å²) >= 11 is 11.7. The number of hydrogen-bond donors (Lipinski definition) is 1. The van der Waals surface area contributed by atoms with Crippen LogP contribution in [0.25, 0.3) is 0 Å². The van der Waals surface area contributed by atoms with Crippen molar-refractivity contribution in [2.45, 2.75) is 32.6 Å². The normalized spacial score (nSPS) is 10.7. The van der Waals surface area contributed by atoms with Crippen molar-refractivity contribution in [2.24, 2.45) is 0 Å². The molecule has 136 valence electrons. The number of benzene rings is 1. The number of carbonyl (C=O) groups excluding carboxylic acids is 1. The molecule has 24 heavy (non-hydrogen) atoms. The molecule has 0 atom stereocenters. The number of aliphatic hydroxyl groups excluding tert-OH is 1. The number of aliphatic hydroxyl groups is 1. The van der Waals surface area contributed by atoms with Gasteiger partial charge >= 0.3 is 0 Å². The smallest absolute Gasteiger partial charge is 0.224 e. The molecule has 0 aliphatic heterocycles. The van der Waals surface area contributed by atoms with E-state index in [4.69, 9.17) is 23.2 Å².